The molecule has 18 heavy (non-hydrogen) atoms. The van der Waals surface area contributed by atoms with Crippen molar-refractivity contribution in [3.05, 3.63) is 29.8 Å². The van der Waals surface area contributed by atoms with E-state index in [0.717, 1.165) is 24.8 Å². The number of sulfonamides is 1. The second-order valence-corrected chi connectivity index (χ2v) is 7.19. The molecular weight excluding hydrogens is 314 g/mol. The molecule has 1 aliphatic heterocycles. The fourth-order valence-electron chi connectivity index (χ4n) is 2.42. The average Bonchev–Trinajstić information content (AvgIpc) is 2.39. The molecule has 1 fully saturated rings. The Morgan fingerprint density at radius 1 is 1.33 bits per heavy atom. The molecule has 0 N–H and O–H groups in total. The van der Waals surface area contributed by atoms with Gasteiger partial charge in [-0.2, -0.15) is 4.31 Å². The lowest BCUT2D eigenvalue weighted by molar-refractivity contribution is 0.273. The topological polar surface area (TPSA) is 37.4 Å². The molecule has 1 aliphatic rings. The Morgan fingerprint density at radius 3 is 2.72 bits per heavy atom. The van der Waals surface area contributed by atoms with Crippen molar-refractivity contribution in [2.24, 2.45) is 0 Å². The minimum atomic E-state index is -3.35. The molecule has 0 aliphatic carbocycles. The van der Waals surface area contributed by atoms with Gasteiger partial charge in [-0.25, -0.2) is 8.42 Å². The number of halogens is 1. The minimum absolute atomic E-state index is 0.0864. The molecule has 0 amide bonds. The van der Waals surface area contributed by atoms with Crippen LogP contribution in [0.2, 0.25) is 0 Å². The van der Waals surface area contributed by atoms with Crippen LogP contribution in [0.5, 0.6) is 0 Å². The fraction of sp³-hybridized carbons (Fsp3) is 0.538. The fourth-order valence-corrected chi connectivity index (χ4v) is 5.20. The molecule has 1 atom stereocenters. The summed E-state index contributed by atoms with van der Waals surface area (Å²) in [6.45, 7) is 2.48. The van der Waals surface area contributed by atoms with Crippen LogP contribution in [0.3, 0.4) is 0 Å². The van der Waals surface area contributed by atoms with E-state index in [0.29, 0.717) is 16.8 Å². The van der Waals surface area contributed by atoms with E-state index in [4.69, 9.17) is 0 Å². The number of hydrogen-bond acceptors (Lipinski definition) is 2. The second kappa shape index (κ2) is 5.72. The van der Waals surface area contributed by atoms with Gasteiger partial charge >= 0.3 is 0 Å². The number of aryl methyl sites for hydroxylation is 1. The highest BCUT2D eigenvalue weighted by molar-refractivity contribution is 9.09. The number of benzene rings is 1. The van der Waals surface area contributed by atoms with Crippen molar-refractivity contribution in [2.75, 3.05) is 11.9 Å². The number of alkyl halides is 1. The summed E-state index contributed by atoms with van der Waals surface area (Å²) in [6, 6.07) is 7.28. The van der Waals surface area contributed by atoms with Crippen molar-refractivity contribution in [2.45, 2.75) is 37.1 Å². The highest BCUT2D eigenvalue weighted by atomic mass is 79.9. The van der Waals surface area contributed by atoms with Gasteiger partial charge in [0.2, 0.25) is 10.0 Å². The lowest BCUT2D eigenvalue weighted by Gasteiger charge is -2.33. The Morgan fingerprint density at radius 2 is 2.06 bits per heavy atom. The van der Waals surface area contributed by atoms with Crippen LogP contribution in [0.15, 0.2) is 29.2 Å². The highest BCUT2D eigenvalue weighted by Crippen LogP contribution is 2.27. The van der Waals surface area contributed by atoms with Gasteiger partial charge in [0.25, 0.3) is 0 Å². The van der Waals surface area contributed by atoms with E-state index in [1.165, 1.54) is 0 Å². The van der Waals surface area contributed by atoms with Crippen LogP contribution in [0, 0.1) is 6.92 Å². The van der Waals surface area contributed by atoms with Crippen molar-refractivity contribution in [1.29, 1.82) is 0 Å². The van der Waals surface area contributed by atoms with E-state index in [9.17, 15) is 8.42 Å². The van der Waals surface area contributed by atoms with Gasteiger partial charge in [-0.3, -0.25) is 0 Å². The van der Waals surface area contributed by atoms with Gasteiger partial charge in [0.05, 0.1) is 4.90 Å². The molecule has 0 saturated carbocycles. The predicted molar refractivity (Wildman–Crippen MR) is 76.5 cm³/mol. The molecule has 1 unspecified atom stereocenters. The zero-order valence-electron chi connectivity index (χ0n) is 10.5. The first kappa shape index (κ1) is 14.0. The van der Waals surface area contributed by atoms with E-state index in [-0.39, 0.29) is 6.04 Å². The maximum Gasteiger partial charge on any atom is 0.243 e. The third kappa shape index (κ3) is 2.63. The summed E-state index contributed by atoms with van der Waals surface area (Å²) in [5.41, 5.74) is 0.816. The van der Waals surface area contributed by atoms with E-state index < -0.39 is 10.0 Å². The standard InChI is InChI=1S/C13H18BrNO2S/c1-11-6-2-3-8-13(11)18(16,17)15-9-5-4-7-12(15)10-14/h2-3,6,8,12H,4-5,7,9-10H2,1H3. The summed E-state index contributed by atoms with van der Waals surface area (Å²) >= 11 is 3.43. The first-order chi connectivity index (χ1) is 8.57. The molecule has 100 valence electrons. The molecule has 0 radical (unpaired) electrons. The normalized spacial score (nSPS) is 22.0. The Kier molecular flexibility index (Phi) is 4.45. The zero-order valence-corrected chi connectivity index (χ0v) is 12.9. The van der Waals surface area contributed by atoms with Gasteiger partial charge in [0.15, 0.2) is 0 Å². The van der Waals surface area contributed by atoms with Gasteiger partial charge in [-0.15, -0.1) is 0 Å². The second-order valence-electron chi connectivity index (χ2n) is 4.69. The van der Waals surface area contributed by atoms with Gasteiger partial charge in [-0.05, 0) is 31.4 Å². The molecule has 0 spiro atoms. The lowest BCUT2D eigenvalue weighted by atomic mass is 10.1. The monoisotopic (exact) mass is 331 g/mol. The quantitative estimate of drug-likeness (QED) is 0.798. The molecular formula is C13H18BrNO2S. The molecule has 0 bridgehead atoms. The molecule has 5 heteroatoms. The summed E-state index contributed by atoms with van der Waals surface area (Å²) in [5.74, 6) is 0. The zero-order chi connectivity index (χ0) is 13.2. The Labute approximate surface area is 117 Å². The first-order valence-corrected chi connectivity index (χ1v) is 8.77. The summed E-state index contributed by atoms with van der Waals surface area (Å²) in [5, 5.41) is 0.706. The van der Waals surface area contributed by atoms with Crippen LogP contribution < -0.4 is 0 Å². The molecule has 1 aromatic rings. The Bertz CT molecular complexity index is 515. The van der Waals surface area contributed by atoms with Crippen LogP contribution in [0.25, 0.3) is 0 Å². The largest absolute Gasteiger partial charge is 0.243 e. The van der Waals surface area contributed by atoms with Crippen molar-refractivity contribution in [3.8, 4) is 0 Å². The maximum absolute atomic E-state index is 12.7. The number of nitrogens with zero attached hydrogens (tertiary/aromatic N) is 1. The summed E-state index contributed by atoms with van der Waals surface area (Å²) in [7, 11) is -3.35. The van der Waals surface area contributed by atoms with E-state index in [2.05, 4.69) is 15.9 Å². The first-order valence-electron chi connectivity index (χ1n) is 6.21. The smallest absolute Gasteiger partial charge is 0.207 e. The van der Waals surface area contributed by atoms with Crippen LogP contribution in [-0.4, -0.2) is 30.6 Å². The Hall–Kier alpha value is -0.390. The third-order valence-corrected chi connectivity index (χ3v) is 6.29. The average molecular weight is 332 g/mol. The molecule has 3 nitrogen and oxygen atoms in total. The van der Waals surface area contributed by atoms with E-state index >= 15 is 0 Å². The minimum Gasteiger partial charge on any atom is -0.207 e. The van der Waals surface area contributed by atoms with Crippen molar-refractivity contribution < 1.29 is 8.42 Å². The molecule has 1 saturated heterocycles. The number of hydrogen-bond donors (Lipinski definition) is 0. The molecule has 0 aromatic heterocycles. The van der Waals surface area contributed by atoms with Gasteiger partial charge in [-0.1, -0.05) is 40.5 Å². The molecule has 1 aromatic carbocycles. The van der Waals surface area contributed by atoms with Gasteiger partial charge < -0.3 is 0 Å². The SMILES string of the molecule is Cc1ccccc1S(=O)(=O)N1CCCCC1CBr. The van der Waals surface area contributed by atoms with Crippen molar-refractivity contribution in [3.63, 3.8) is 0 Å². The third-order valence-electron chi connectivity index (χ3n) is 3.43. The summed E-state index contributed by atoms with van der Waals surface area (Å²) in [4.78, 5) is 0.442. The lowest BCUT2D eigenvalue weighted by Crippen LogP contribution is -2.44. The van der Waals surface area contributed by atoms with Crippen LogP contribution >= 0.6 is 15.9 Å². The number of rotatable bonds is 3. The summed E-state index contributed by atoms with van der Waals surface area (Å²) < 4.78 is 27.0. The van der Waals surface area contributed by atoms with Crippen molar-refractivity contribution >= 4 is 26.0 Å². The van der Waals surface area contributed by atoms with Gasteiger partial charge in [0, 0.05) is 17.9 Å². The van der Waals surface area contributed by atoms with Gasteiger partial charge in [0.1, 0.15) is 0 Å². The Balaban J connectivity index is 2.39. The van der Waals surface area contributed by atoms with E-state index in [1.54, 1.807) is 16.4 Å². The maximum atomic E-state index is 12.7. The van der Waals surface area contributed by atoms with Crippen LogP contribution in [0.1, 0.15) is 24.8 Å². The number of piperidine rings is 1. The molecule has 2 rings (SSSR count). The predicted octanol–water partition coefficient (Wildman–Crippen LogP) is 2.93. The highest BCUT2D eigenvalue weighted by Gasteiger charge is 2.33. The summed E-state index contributed by atoms with van der Waals surface area (Å²) in [6.07, 6.45) is 3.00. The molecule has 1 heterocycles. The van der Waals surface area contributed by atoms with Crippen molar-refractivity contribution in [1.82, 2.24) is 4.31 Å². The van der Waals surface area contributed by atoms with Crippen LogP contribution in [0.4, 0.5) is 0 Å². The van der Waals surface area contributed by atoms with Crippen LogP contribution in [-0.2, 0) is 10.0 Å². The van der Waals surface area contributed by atoms with E-state index in [1.807, 2.05) is 19.1 Å².